The van der Waals surface area contributed by atoms with E-state index in [1.807, 2.05) is 24.3 Å². The summed E-state index contributed by atoms with van der Waals surface area (Å²) >= 11 is 0. The molecule has 0 unspecified atom stereocenters. The van der Waals surface area contributed by atoms with Crippen molar-refractivity contribution in [2.75, 3.05) is 6.54 Å². The molecule has 0 spiro atoms. The van der Waals surface area contributed by atoms with E-state index in [4.69, 9.17) is 5.11 Å². The number of carbonyl (C=O) groups is 1. The van der Waals surface area contributed by atoms with Crippen molar-refractivity contribution in [1.82, 2.24) is 5.32 Å². The first-order valence-electron chi connectivity index (χ1n) is 7.20. The number of rotatable bonds is 7. The molecular formula is C18H21NO2. The average Bonchev–Trinajstić information content (AvgIpc) is 2.46. The Morgan fingerprint density at radius 2 is 1.71 bits per heavy atom. The molecule has 0 heterocycles. The van der Waals surface area contributed by atoms with Crippen molar-refractivity contribution in [1.29, 1.82) is 0 Å². The number of carboxylic acids is 1. The summed E-state index contributed by atoms with van der Waals surface area (Å²) in [7, 11) is 0. The van der Waals surface area contributed by atoms with Crippen molar-refractivity contribution in [2.45, 2.75) is 26.3 Å². The van der Waals surface area contributed by atoms with E-state index in [1.54, 1.807) is 0 Å². The molecule has 0 aromatic heterocycles. The Kier molecular flexibility index (Phi) is 5.52. The minimum Gasteiger partial charge on any atom is -0.481 e. The van der Waals surface area contributed by atoms with Gasteiger partial charge >= 0.3 is 5.97 Å². The molecule has 2 N–H and O–H groups in total. The van der Waals surface area contributed by atoms with E-state index < -0.39 is 5.97 Å². The van der Waals surface area contributed by atoms with Gasteiger partial charge in [0.2, 0.25) is 0 Å². The largest absolute Gasteiger partial charge is 0.481 e. The molecule has 110 valence electrons. The van der Waals surface area contributed by atoms with E-state index >= 15 is 0 Å². The lowest BCUT2D eigenvalue weighted by molar-refractivity contribution is -0.136. The van der Waals surface area contributed by atoms with Crippen molar-refractivity contribution < 1.29 is 9.90 Å². The molecule has 0 saturated carbocycles. The zero-order chi connectivity index (χ0) is 15.1. The van der Waals surface area contributed by atoms with Gasteiger partial charge in [-0.15, -0.1) is 0 Å². The molecule has 0 aliphatic carbocycles. The van der Waals surface area contributed by atoms with Gasteiger partial charge in [0.05, 0.1) is 6.42 Å². The first kappa shape index (κ1) is 15.3. The number of nitrogens with one attached hydrogen (secondary N) is 1. The molecule has 0 aliphatic heterocycles. The van der Waals surface area contributed by atoms with Crippen LogP contribution in [0.25, 0.3) is 0 Å². The zero-order valence-corrected chi connectivity index (χ0v) is 12.3. The average molecular weight is 283 g/mol. The third-order valence-corrected chi connectivity index (χ3v) is 3.54. The highest BCUT2D eigenvalue weighted by atomic mass is 16.4. The van der Waals surface area contributed by atoms with Crippen LogP contribution in [0, 0.1) is 6.92 Å². The highest BCUT2D eigenvalue weighted by Gasteiger charge is 2.01. The summed E-state index contributed by atoms with van der Waals surface area (Å²) in [5, 5.41) is 12.1. The van der Waals surface area contributed by atoms with Crippen LogP contribution in [0.2, 0.25) is 0 Å². The summed E-state index contributed by atoms with van der Waals surface area (Å²) in [4.78, 5) is 10.6. The molecule has 0 saturated heterocycles. The summed E-state index contributed by atoms with van der Waals surface area (Å²) < 4.78 is 0. The van der Waals surface area contributed by atoms with E-state index in [1.165, 1.54) is 16.7 Å². The molecule has 3 nitrogen and oxygen atoms in total. The predicted octanol–water partition coefficient (Wildman–Crippen LogP) is 2.95. The van der Waals surface area contributed by atoms with Gasteiger partial charge < -0.3 is 10.4 Å². The van der Waals surface area contributed by atoms with Crippen LogP contribution in [-0.4, -0.2) is 17.6 Å². The number of hydrogen-bond acceptors (Lipinski definition) is 2. The third kappa shape index (κ3) is 5.04. The topological polar surface area (TPSA) is 49.3 Å². The van der Waals surface area contributed by atoms with E-state index in [-0.39, 0.29) is 6.42 Å². The molecule has 2 aromatic carbocycles. The van der Waals surface area contributed by atoms with E-state index in [0.717, 1.165) is 25.1 Å². The minimum absolute atomic E-state index is 0.0843. The quantitative estimate of drug-likeness (QED) is 0.768. The van der Waals surface area contributed by atoms with Gasteiger partial charge in [0.15, 0.2) is 0 Å². The first-order valence-corrected chi connectivity index (χ1v) is 7.20. The lowest BCUT2D eigenvalue weighted by Crippen LogP contribution is -2.17. The summed E-state index contributed by atoms with van der Waals surface area (Å²) in [6.07, 6.45) is 1.10. The van der Waals surface area contributed by atoms with Crippen LogP contribution in [0.1, 0.15) is 22.3 Å². The summed E-state index contributed by atoms with van der Waals surface area (Å²) in [6, 6.07) is 16.2. The maximum Gasteiger partial charge on any atom is 0.307 e. The molecule has 21 heavy (non-hydrogen) atoms. The highest BCUT2D eigenvalue weighted by molar-refractivity contribution is 5.70. The van der Waals surface area contributed by atoms with Crippen LogP contribution in [0.5, 0.6) is 0 Å². The van der Waals surface area contributed by atoms with E-state index in [9.17, 15) is 4.79 Å². The smallest absolute Gasteiger partial charge is 0.307 e. The molecule has 0 amide bonds. The molecule has 3 heteroatoms. The number of benzene rings is 2. The van der Waals surface area contributed by atoms with Crippen molar-refractivity contribution in [2.24, 2.45) is 0 Å². The molecule has 2 rings (SSSR count). The Bertz CT molecular complexity index is 590. The number of carboxylic acid groups (broad SMARTS) is 1. The van der Waals surface area contributed by atoms with Gasteiger partial charge in [-0.05, 0) is 42.1 Å². The molecule has 0 bridgehead atoms. The molecule has 0 atom stereocenters. The highest BCUT2D eigenvalue weighted by Crippen LogP contribution is 2.08. The Labute approximate surface area is 125 Å². The second-order valence-electron chi connectivity index (χ2n) is 5.24. The Morgan fingerprint density at radius 3 is 2.38 bits per heavy atom. The first-order chi connectivity index (χ1) is 10.1. The third-order valence-electron chi connectivity index (χ3n) is 3.54. The Hall–Kier alpha value is -2.13. The maximum absolute atomic E-state index is 10.6. The van der Waals surface area contributed by atoms with Crippen LogP contribution in [0.4, 0.5) is 0 Å². The summed E-state index contributed by atoms with van der Waals surface area (Å²) in [5.74, 6) is -0.792. The van der Waals surface area contributed by atoms with Gasteiger partial charge in [-0.2, -0.15) is 0 Å². The van der Waals surface area contributed by atoms with Crippen LogP contribution in [0.15, 0.2) is 48.5 Å². The Morgan fingerprint density at radius 1 is 1.05 bits per heavy atom. The van der Waals surface area contributed by atoms with Crippen molar-refractivity contribution in [3.05, 3.63) is 70.8 Å². The van der Waals surface area contributed by atoms with Gasteiger partial charge in [-0.1, -0.05) is 48.5 Å². The molecule has 2 aromatic rings. The summed E-state index contributed by atoms with van der Waals surface area (Å²) in [6.45, 7) is 3.87. The maximum atomic E-state index is 10.6. The van der Waals surface area contributed by atoms with Crippen molar-refractivity contribution in [3.8, 4) is 0 Å². The fourth-order valence-corrected chi connectivity index (χ4v) is 2.30. The number of aryl methyl sites for hydroxylation is 1. The van der Waals surface area contributed by atoms with Gasteiger partial charge in [0, 0.05) is 6.54 Å². The second kappa shape index (κ2) is 7.60. The zero-order valence-electron chi connectivity index (χ0n) is 12.3. The Balaban J connectivity index is 1.76. The van der Waals surface area contributed by atoms with Crippen molar-refractivity contribution in [3.63, 3.8) is 0 Å². The SMILES string of the molecule is Cc1ccccc1CCNCc1ccc(CC(=O)O)cc1. The van der Waals surface area contributed by atoms with Gasteiger partial charge in [0.1, 0.15) is 0 Å². The van der Waals surface area contributed by atoms with Gasteiger partial charge in [-0.3, -0.25) is 4.79 Å². The molecule has 0 fully saturated rings. The molecule has 0 radical (unpaired) electrons. The molecular weight excluding hydrogens is 262 g/mol. The predicted molar refractivity (Wildman–Crippen MR) is 84.4 cm³/mol. The van der Waals surface area contributed by atoms with Crippen LogP contribution < -0.4 is 5.32 Å². The van der Waals surface area contributed by atoms with Crippen LogP contribution in [-0.2, 0) is 24.2 Å². The standard InChI is InChI=1S/C18H21NO2/c1-14-4-2-3-5-17(14)10-11-19-13-16-8-6-15(7-9-16)12-18(20)21/h2-9,19H,10-13H2,1H3,(H,20,21). The normalized spacial score (nSPS) is 10.5. The molecule has 0 aliphatic rings. The number of hydrogen-bond donors (Lipinski definition) is 2. The van der Waals surface area contributed by atoms with Crippen molar-refractivity contribution >= 4 is 5.97 Å². The minimum atomic E-state index is -0.792. The van der Waals surface area contributed by atoms with Crippen LogP contribution in [0.3, 0.4) is 0 Å². The number of aliphatic carboxylic acids is 1. The lowest BCUT2D eigenvalue weighted by atomic mass is 10.1. The second-order valence-corrected chi connectivity index (χ2v) is 5.24. The lowest BCUT2D eigenvalue weighted by Gasteiger charge is -2.08. The van der Waals surface area contributed by atoms with E-state index in [2.05, 4.69) is 36.5 Å². The van der Waals surface area contributed by atoms with Gasteiger partial charge in [0.25, 0.3) is 0 Å². The summed E-state index contributed by atoms with van der Waals surface area (Å²) in [5.41, 5.74) is 4.72. The monoisotopic (exact) mass is 283 g/mol. The van der Waals surface area contributed by atoms with Gasteiger partial charge in [-0.25, -0.2) is 0 Å². The fraction of sp³-hybridized carbons (Fsp3) is 0.278. The van der Waals surface area contributed by atoms with Crippen LogP contribution >= 0.6 is 0 Å². The van der Waals surface area contributed by atoms with E-state index in [0.29, 0.717) is 0 Å². The fourth-order valence-electron chi connectivity index (χ4n) is 2.30.